The van der Waals surface area contributed by atoms with Crippen LogP contribution in [0.1, 0.15) is 58.4 Å². The average molecular weight is 473 g/mol. The summed E-state index contributed by atoms with van der Waals surface area (Å²) in [5.74, 6) is -0.363. The van der Waals surface area contributed by atoms with Crippen LogP contribution in [0.4, 0.5) is 24.5 Å². The first-order chi connectivity index (χ1) is 16.2. The van der Waals surface area contributed by atoms with E-state index in [1.54, 1.807) is 24.3 Å². The first kappa shape index (κ1) is 23.6. The molecule has 1 saturated heterocycles. The zero-order chi connectivity index (χ0) is 24.3. The number of hydrogen-bond donors (Lipinski definition) is 4. The largest absolute Gasteiger partial charge is 0.408 e. The second-order valence-corrected chi connectivity index (χ2v) is 8.49. The van der Waals surface area contributed by atoms with Gasteiger partial charge >= 0.3 is 6.18 Å². The third-order valence-electron chi connectivity index (χ3n) is 5.71. The summed E-state index contributed by atoms with van der Waals surface area (Å²) < 4.78 is 38.3. The standard InChI is InChI=1S/C24H26F3N5O2/c1-14(24(25,26)27)30-21(33)16-4-2-5-18(12-16)31-20-9-8-17(13-19(20)15-6-7-15)22(34)32-23-28-10-3-11-29-23/h2,4-5,8-9,12-15,31H,3,6-7,10-11H2,1H3,(H,30,33)(H2,28,29,32,34). The van der Waals surface area contributed by atoms with Crippen LogP contribution in [0.3, 0.4) is 0 Å². The van der Waals surface area contributed by atoms with Crippen molar-refractivity contribution in [2.45, 2.75) is 44.3 Å². The van der Waals surface area contributed by atoms with Gasteiger partial charge in [-0.2, -0.15) is 18.2 Å². The molecule has 0 spiro atoms. The molecule has 2 amide bonds. The number of anilines is 2. The van der Waals surface area contributed by atoms with Gasteiger partial charge in [0.05, 0.1) is 0 Å². The highest BCUT2D eigenvalue weighted by Gasteiger charge is 2.37. The molecule has 180 valence electrons. The molecule has 1 atom stereocenters. The zero-order valence-corrected chi connectivity index (χ0v) is 18.6. The van der Waals surface area contributed by atoms with E-state index in [0.29, 0.717) is 23.1 Å². The van der Waals surface area contributed by atoms with Crippen molar-refractivity contribution < 1.29 is 22.8 Å². The lowest BCUT2D eigenvalue weighted by Crippen LogP contribution is -2.44. The highest BCUT2D eigenvalue weighted by Crippen LogP contribution is 2.44. The maximum absolute atomic E-state index is 12.8. The fraction of sp³-hybridized carbons (Fsp3) is 0.375. The minimum absolute atomic E-state index is 0.115. The predicted molar refractivity (Wildman–Crippen MR) is 124 cm³/mol. The maximum atomic E-state index is 12.8. The molecule has 0 radical (unpaired) electrons. The Balaban J connectivity index is 1.51. The number of halogens is 3. The van der Waals surface area contributed by atoms with Gasteiger partial charge in [-0.05, 0) is 74.1 Å². The number of carbonyl (C=O) groups is 2. The van der Waals surface area contributed by atoms with E-state index < -0.39 is 18.1 Å². The first-order valence-electron chi connectivity index (χ1n) is 11.2. The summed E-state index contributed by atoms with van der Waals surface area (Å²) in [7, 11) is 0. The van der Waals surface area contributed by atoms with Crippen molar-refractivity contribution in [1.82, 2.24) is 16.0 Å². The monoisotopic (exact) mass is 473 g/mol. The van der Waals surface area contributed by atoms with Crippen molar-refractivity contribution in [1.29, 1.82) is 0 Å². The van der Waals surface area contributed by atoms with E-state index in [9.17, 15) is 22.8 Å². The highest BCUT2D eigenvalue weighted by molar-refractivity contribution is 6.03. The van der Waals surface area contributed by atoms with E-state index in [4.69, 9.17) is 0 Å². The fourth-order valence-corrected chi connectivity index (χ4v) is 3.61. The van der Waals surface area contributed by atoms with Crippen LogP contribution in [0.15, 0.2) is 47.5 Å². The van der Waals surface area contributed by atoms with Crippen LogP contribution in [-0.4, -0.2) is 43.1 Å². The van der Waals surface area contributed by atoms with Crippen LogP contribution >= 0.6 is 0 Å². The molecule has 10 heteroatoms. The lowest BCUT2D eigenvalue weighted by Gasteiger charge is -2.18. The summed E-state index contributed by atoms with van der Waals surface area (Å²) >= 11 is 0. The van der Waals surface area contributed by atoms with Crippen molar-refractivity contribution >= 4 is 29.1 Å². The number of alkyl halides is 3. The molecule has 1 saturated carbocycles. The van der Waals surface area contributed by atoms with Gasteiger partial charge < -0.3 is 21.3 Å². The van der Waals surface area contributed by atoms with Gasteiger partial charge in [0.1, 0.15) is 6.04 Å². The Bertz CT molecular complexity index is 1100. The van der Waals surface area contributed by atoms with E-state index in [1.807, 2.05) is 11.4 Å². The topological polar surface area (TPSA) is 94.6 Å². The minimum Gasteiger partial charge on any atom is -0.356 e. The lowest BCUT2D eigenvalue weighted by atomic mass is 10.0. The summed E-state index contributed by atoms with van der Waals surface area (Å²) in [6, 6.07) is 9.64. The molecular weight excluding hydrogens is 447 g/mol. The van der Waals surface area contributed by atoms with Crippen LogP contribution < -0.4 is 21.3 Å². The molecule has 7 nitrogen and oxygen atoms in total. The van der Waals surface area contributed by atoms with Crippen LogP contribution in [0.5, 0.6) is 0 Å². The van der Waals surface area contributed by atoms with Gasteiger partial charge in [0.2, 0.25) is 0 Å². The molecule has 4 N–H and O–H groups in total. The molecular formula is C24H26F3N5O2. The molecule has 1 aliphatic carbocycles. The van der Waals surface area contributed by atoms with Crippen LogP contribution in [-0.2, 0) is 0 Å². The number of rotatable bonds is 6. The minimum atomic E-state index is -4.52. The highest BCUT2D eigenvalue weighted by atomic mass is 19.4. The number of aliphatic imine (C=N–C) groups is 1. The fourth-order valence-electron chi connectivity index (χ4n) is 3.61. The smallest absolute Gasteiger partial charge is 0.356 e. The molecule has 2 aliphatic rings. The third-order valence-corrected chi connectivity index (χ3v) is 5.71. The summed E-state index contributed by atoms with van der Waals surface area (Å²) in [5.41, 5.74) is 2.90. The normalized spacial score (nSPS) is 16.6. The Labute approximate surface area is 195 Å². The van der Waals surface area contributed by atoms with Gasteiger partial charge in [0.15, 0.2) is 5.96 Å². The Morgan fingerprint density at radius 3 is 2.47 bits per heavy atom. The van der Waals surface area contributed by atoms with Crippen molar-refractivity contribution in [3.05, 3.63) is 59.2 Å². The molecule has 34 heavy (non-hydrogen) atoms. The van der Waals surface area contributed by atoms with Crippen molar-refractivity contribution in [2.24, 2.45) is 4.99 Å². The van der Waals surface area contributed by atoms with Crippen LogP contribution in [0.2, 0.25) is 0 Å². The van der Waals surface area contributed by atoms with E-state index in [2.05, 4.69) is 20.9 Å². The number of nitrogens with one attached hydrogen (secondary N) is 4. The summed E-state index contributed by atoms with van der Waals surface area (Å²) in [4.78, 5) is 29.0. The van der Waals surface area contributed by atoms with Gasteiger partial charge in [0.25, 0.3) is 11.8 Å². The molecule has 2 fully saturated rings. The zero-order valence-electron chi connectivity index (χ0n) is 18.6. The average Bonchev–Trinajstić information content (AvgIpc) is 3.65. The molecule has 0 aromatic heterocycles. The lowest BCUT2D eigenvalue weighted by molar-refractivity contribution is -0.149. The predicted octanol–water partition coefficient (Wildman–Crippen LogP) is 4.07. The Hall–Kier alpha value is -3.56. The maximum Gasteiger partial charge on any atom is 0.408 e. The van der Waals surface area contributed by atoms with Gasteiger partial charge in [-0.15, -0.1) is 0 Å². The molecule has 1 heterocycles. The second kappa shape index (κ2) is 9.74. The van der Waals surface area contributed by atoms with Gasteiger partial charge in [-0.25, -0.2) is 0 Å². The van der Waals surface area contributed by atoms with Gasteiger partial charge in [-0.3, -0.25) is 9.59 Å². The number of carbonyl (C=O) groups excluding carboxylic acids is 2. The van der Waals surface area contributed by atoms with Gasteiger partial charge in [0, 0.05) is 35.6 Å². The molecule has 1 unspecified atom stereocenters. The van der Waals surface area contributed by atoms with Crippen molar-refractivity contribution in [3.8, 4) is 0 Å². The van der Waals surface area contributed by atoms with E-state index in [-0.39, 0.29) is 11.5 Å². The summed E-state index contributed by atoms with van der Waals surface area (Å²) in [6.07, 6.45) is -1.55. The second-order valence-electron chi connectivity index (χ2n) is 8.49. The Kier molecular flexibility index (Phi) is 6.76. The Morgan fingerprint density at radius 1 is 1.06 bits per heavy atom. The SMILES string of the molecule is CC(NC(=O)c1cccc(Nc2ccc(C(=O)N=C3NCCCN3)cc2C2CC2)c1)C(F)(F)F. The molecule has 4 rings (SSSR count). The van der Waals surface area contributed by atoms with E-state index >= 15 is 0 Å². The Morgan fingerprint density at radius 2 is 1.79 bits per heavy atom. The summed E-state index contributed by atoms with van der Waals surface area (Å²) in [6.45, 7) is 2.43. The number of nitrogens with zero attached hydrogens (tertiary/aromatic N) is 1. The number of amides is 2. The molecule has 2 aromatic rings. The molecule has 0 bridgehead atoms. The number of benzene rings is 2. The van der Waals surface area contributed by atoms with Crippen molar-refractivity contribution in [3.63, 3.8) is 0 Å². The van der Waals surface area contributed by atoms with Crippen molar-refractivity contribution in [2.75, 3.05) is 18.4 Å². The number of hydrogen-bond acceptors (Lipinski definition) is 3. The van der Waals surface area contributed by atoms with E-state index in [0.717, 1.165) is 50.5 Å². The summed E-state index contributed by atoms with van der Waals surface area (Å²) in [5, 5.41) is 11.3. The number of guanidine groups is 1. The van der Waals surface area contributed by atoms with Gasteiger partial charge in [-0.1, -0.05) is 6.07 Å². The molecule has 2 aromatic carbocycles. The van der Waals surface area contributed by atoms with Crippen LogP contribution in [0, 0.1) is 0 Å². The molecule has 1 aliphatic heterocycles. The van der Waals surface area contributed by atoms with Crippen LogP contribution in [0.25, 0.3) is 0 Å². The first-order valence-corrected chi connectivity index (χ1v) is 11.2. The van der Waals surface area contributed by atoms with E-state index in [1.165, 1.54) is 12.1 Å². The quantitative estimate of drug-likeness (QED) is 0.508. The third kappa shape index (κ3) is 5.86.